The normalized spacial score (nSPS) is 10.3. The van der Waals surface area contributed by atoms with Crippen molar-refractivity contribution in [3.05, 3.63) is 58.6 Å². The summed E-state index contributed by atoms with van der Waals surface area (Å²) in [7, 11) is 0. The van der Waals surface area contributed by atoms with Crippen molar-refractivity contribution in [2.24, 2.45) is 0 Å². The van der Waals surface area contributed by atoms with Crippen molar-refractivity contribution in [3.63, 3.8) is 0 Å². The molecular formula is C18H20ClNO2. The highest BCUT2D eigenvalue weighted by atomic mass is 35.5. The van der Waals surface area contributed by atoms with E-state index in [0.29, 0.717) is 17.2 Å². The molecule has 3 nitrogen and oxygen atoms in total. The average Bonchev–Trinajstić information content (AvgIpc) is 2.53. The summed E-state index contributed by atoms with van der Waals surface area (Å²) in [5.41, 5.74) is 2.17. The molecule has 0 saturated heterocycles. The van der Waals surface area contributed by atoms with Crippen LogP contribution >= 0.6 is 11.6 Å². The van der Waals surface area contributed by atoms with Crippen LogP contribution in [-0.2, 0) is 0 Å². The molecule has 0 fully saturated rings. The fraction of sp³-hybridized carbons (Fsp3) is 0.278. The van der Waals surface area contributed by atoms with Gasteiger partial charge in [0.15, 0.2) is 0 Å². The Morgan fingerprint density at radius 2 is 1.91 bits per heavy atom. The Morgan fingerprint density at radius 1 is 1.18 bits per heavy atom. The molecule has 0 radical (unpaired) electrons. The van der Waals surface area contributed by atoms with Crippen molar-refractivity contribution < 1.29 is 9.53 Å². The predicted octanol–water partition coefficient (Wildman–Crippen LogP) is 5.08. The Kier molecular flexibility index (Phi) is 5.84. The molecule has 116 valence electrons. The highest BCUT2D eigenvalue weighted by molar-refractivity contribution is 6.31. The zero-order valence-corrected chi connectivity index (χ0v) is 13.6. The van der Waals surface area contributed by atoms with Crippen molar-refractivity contribution >= 4 is 23.2 Å². The molecule has 0 unspecified atom stereocenters. The molecule has 0 aliphatic carbocycles. The van der Waals surface area contributed by atoms with E-state index in [1.165, 1.54) is 0 Å². The first kappa shape index (κ1) is 16.4. The number of ether oxygens (including phenoxy) is 1. The lowest BCUT2D eigenvalue weighted by Crippen LogP contribution is -2.12. The van der Waals surface area contributed by atoms with E-state index in [1.54, 1.807) is 18.2 Å². The van der Waals surface area contributed by atoms with Gasteiger partial charge in [0.05, 0.1) is 6.61 Å². The number of amides is 1. The number of hydrogen-bond donors (Lipinski definition) is 1. The van der Waals surface area contributed by atoms with Crippen LogP contribution in [0.1, 0.15) is 35.7 Å². The van der Waals surface area contributed by atoms with Gasteiger partial charge in [-0.1, -0.05) is 31.0 Å². The summed E-state index contributed by atoms with van der Waals surface area (Å²) < 4.78 is 5.59. The van der Waals surface area contributed by atoms with Gasteiger partial charge in [-0.3, -0.25) is 4.79 Å². The molecule has 1 N–H and O–H groups in total. The average molecular weight is 318 g/mol. The Balaban J connectivity index is 2.02. The van der Waals surface area contributed by atoms with Crippen LogP contribution < -0.4 is 10.1 Å². The third-order valence-electron chi connectivity index (χ3n) is 3.40. The van der Waals surface area contributed by atoms with Gasteiger partial charge in [0.1, 0.15) is 5.75 Å². The molecule has 0 spiro atoms. The number of benzene rings is 2. The SMILES string of the molecule is CCCCOc1ccc(C(=O)Nc2cccc(Cl)c2C)cc1. The highest BCUT2D eigenvalue weighted by Gasteiger charge is 2.09. The van der Waals surface area contributed by atoms with Crippen LogP contribution in [0.15, 0.2) is 42.5 Å². The molecule has 0 bridgehead atoms. The highest BCUT2D eigenvalue weighted by Crippen LogP contribution is 2.23. The number of carbonyl (C=O) groups is 1. The monoisotopic (exact) mass is 317 g/mol. The minimum absolute atomic E-state index is 0.162. The standard InChI is InChI=1S/C18H20ClNO2/c1-3-4-12-22-15-10-8-14(9-11-15)18(21)20-17-7-5-6-16(19)13(17)2/h5-11H,3-4,12H2,1-2H3,(H,20,21). The number of rotatable bonds is 6. The second-order valence-corrected chi connectivity index (χ2v) is 5.50. The van der Waals surface area contributed by atoms with E-state index >= 15 is 0 Å². The molecule has 4 heteroatoms. The van der Waals surface area contributed by atoms with Gasteiger partial charge < -0.3 is 10.1 Å². The largest absolute Gasteiger partial charge is 0.494 e. The molecule has 2 aromatic rings. The summed E-state index contributed by atoms with van der Waals surface area (Å²) in [4.78, 5) is 12.3. The number of anilines is 1. The summed E-state index contributed by atoms with van der Waals surface area (Å²) in [6.45, 7) is 4.70. The molecule has 2 rings (SSSR count). The van der Waals surface area contributed by atoms with Crippen LogP contribution in [-0.4, -0.2) is 12.5 Å². The number of halogens is 1. The quantitative estimate of drug-likeness (QED) is 0.754. The molecule has 0 aliphatic rings. The second kappa shape index (κ2) is 7.85. The molecule has 0 aromatic heterocycles. The smallest absolute Gasteiger partial charge is 0.255 e. The zero-order chi connectivity index (χ0) is 15.9. The number of nitrogens with one attached hydrogen (secondary N) is 1. The van der Waals surface area contributed by atoms with Gasteiger partial charge in [0.25, 0.3) is 5.91 Å². The number of hydrogen-bond acceptors (Lipinski definition) is 2. The maximum atomic E-state index is 12.3. The summed E-state index contributed by atoms with van der Waals surface area (Å²) >= 11 is 6.06. The molecule has 0 aliphatic heterocycles. The summed E-state index contributed by atoms with van der Waals surface area (Å²) in [5, 5.41) is 3.51. The van der Waals surface area contributed by atoms with Gasteiger partial charge >= 0.3 is 0 Å². The Bertz CT molecular complexity index is 638. The predicted molar refractivity (Wildman–Crippen MR) is 91.0 cm³/mol. The third kappa shape index (κ3) is 4.25. The van der Waals surface area contributed by atoms with Crippen LogP contribution in [0, 0.1) is 6.92 Å². The second-order valence-electron chi connectivity index (χ2n) is 5.09. The zero-order valence-electron chi connectivity index (χ0n) is 12.9. The molecular weight excluding hydrogens is 298 g/mol. The van der Waals surface area contributed by atoms with E-state index in [2.05, 4.69) is 12.2 Å². The van der Waals surface area contributed by atoms with E-state index in [0.717, 1.165) is 29.8 Å². The van der Waals surface area contributed by atoms with E-state index in [1.807, 2.05) is 31.2 Å². The Hall–Kier alpha value is -2.00. The lowest BCUT2D eigenvalue weighted by Gasteiger charge is -2.10. The molecule has 0 heterocycles. The molecule has 22 heavy (non-hydrogen) atoms. The van der Waals surface area contributed by atoms with Crippen LogP contribution in [0.2, 0.25) is 5.02 Å². The van der Waals surface area contributed by atoms with Crippen LogP contribution in [0.25, 0.3) is 0 Å². The number of unbranched alkanes of at least 4 members (excludes halogenated alkanes) is 1. The van der Waals surface area contributed by atoms with Gasteiger partial charge in [-0.05, 0) is 55.3 Å². The van der Waals surface area contributed by atoms with Gasteiger partial charge in [0.2, 0.25) is 0 Å². The molecule has 0 saturated carbocycles. The van der Waals surface area contributed by atoms with E-state index < -0.39 is 0 Å². The lowest BCUT2D eigenvalue weighted by molar-refractivity contribution is 0.102. The molecule has 0 atom stereocenters. The molecule has 1 amide bonds. The lowest BCUT2D eigenvalue weighted by atomic mass is 10.1. The van der Waals surface area contributed by atoms with Gasteiger partial charge in [0, 0.05) is 16.3 Å². The van der Waals surface area contributed by atoms with Crippen molar-refractivity contribution in [3.8, 4) is 5.75 Å². The minimum atomic E-state index is -0.162. The third-order valence-corrected chi connectivity index (χ3v) is 3.81. The van der Waals surface area contributed by atoms with Gasteiger partial charge in [-0.15, -0.1) is 0 Å². The maximum absolute atomic E-state index is 12.3. The van der Waals surface area contributed by atoms with Crippen LogP contribution in [0.4, 0.5) is 5.69 Å². The molecule has 2 aromatic carbocycles. The van der Waals surface area contributed by atoms with Crippen LogP contribution in [0.5, 0.6) is 5.75 Å². The summed E-state index contributed by atoms with van der Waals surface area (Å²) in [6, 6.07) is 12.6. The van der Waals surface area contributed by atoms with E-state index in [4.69, 9.17) is 16.3 Å². The summed E-state index contributed by atoms with van der Waals surface area (Å²) in [5.74, 6) is 0.620. The van der Waals surface area contributed by atoms with Crippen LogP contribution in [0.3, 0.4) is 0 Å². The Labute approximate surface area is 136 Å². The fourth-order valence-electron chi connectivity index (χ4n) is 1.97. The van der Waals surface area contributed by atoms with Crippen molar-refractivity contribution in [1.82, 2.24) is 0 Å². The van der Waals surface area contributed by atoms with E-state index in [9.17, 15) is 4.79 Å². The topological polar surface area (TPSA) is 38.3 Å². The van der Waals surface area contributed by atoms with Crippen molar-refractivity contribution in [1.29, 1.82) is 0 Å². The first-order valence-electron chi connectivity index (χ1n) is 7.41. The van der Waals surface area contributed by atoms with Crippen molar-refractivity contribution in [2.75, 3.05) is 11.9 Å². The first-order chi connectivity index (χ1) is 10.6. The first-order valence-corrected chi connectivity index (χ1v) is 7.79. The van der Waals surface area contributed by atoms with Gasteiger partial charge in [-0.25, -0.2) is 0 Å². The minimum Gasteiger partial charge on any atom is -0.494 e. The fourth-order valence-corrected chi connectivity index (χ4v) is 2.15. The summed E-state index contributed by atoms with van der Waals surface area (Å²) in [6.07, 6.45) is 2.12. The van der Waals surface area contributed by atoms with E-state index in [-0.39, 0.29) is 5.91 Å². The number of carbonyl (C=O) groups excluding carboxylic acids is 1. The maximum Gasteiger partial charge on any atom is 0.255 e. The van der Waals surface area contributed by atoms with Gasteiger partial charge in [-0.2, -0.15) is 0 Å². The van der Waals surface area contributed by atoms with Crippen molar-refractivity contribution in [2.45, 2.75) is 26.7 Å². The Morgan fingerprint density at radius 3 is 2.59 bits per heavy atom.